The van der Waals surface area contributed by atoms with Crippen molar-refractivity contribution in [1.29, 1.82) is 0 Å². The molecule has 0 aliphatic rings. The van der Waals surface area contributed by atoms with Crippen LogP contribution in [0, 0.1) is 0 Å². The van der Waals surface area contributed by atoms with E-state index in [1.165, 1.54) is 0 Å². The first kappa shape index (κ1) is 13.0. The van der Waals surface area contributed by atoms with E-state index in [1.54, 1.807) is 24.3 Å². The Balaban J connectivity index is 2.81. The number of anilines is 1. The van der Waals surface area contributed by atoms with E-state index >= 15 is 0 Å². The van der Waals surface area contributed by atoms with Gasteiger partial charge in [0, 0.05) is 0 Å². The van der Waals surface area contributed by atoms with Crippen molar-refractivity contribution in [3.05, 3.63) is 30.3 Å². The molecule has 1 rings (SSSR count). The van der Waals surface area contributed by atoms with Crippen molar-refractivity contribution in [2.24, 2.45) is 0 Å². The van der Waals surface area contributed by atoms with E-state index in [0.717, 1.165) is 23.6 Å². The largest absolute Gasteiger partial charge is 0.259 e. The molecule has 0 unspecified atom stereocenters. The van der Waals surface area contributed by atoms with E-state index in [2.05, 4.69) is 0 Å². The fourth-order valence-corrected chi connectivity index (χ4v) is 1.97. The molecule has 0 amide bonds. The van der Waals surface area contributed by atoms with Gasteiger partial charge in [-0.05, 0) is 18.6 Å². The van der Waals surface area contributed by atoms with Crippen LogP contribution in [0.1, 0.15) is 19.8 Å². The third-order valence-corrected chi connectivity index (χ3v) is 2.89. The van der Waals surface area contributed by atoms with E-state index < -0.39 is 10.0 Å². The van der Waals surface area contributed by atoms with E-state index in [0.29, 0.717) is 12.3 Å². The van der Waals surface area contributed by atoms with Gasteiger partial charge in [0.2, 0.25) is 0 Å². The van der Waals surface area contributed by atoms with Gasteiger partial charge in [0.05, 0.1) is 18.6 Å². The van der Waals surface area contributed by atoms with Crippen LogP contribution in [-0.4, -0.2) is 21.3 Å². The van der Waals surface area contributed by atoms with Crippen molar-refractivity contribution in [3.63, 3.8) is 0 Å². The fraction of sp³-hybridized carbons (Fsp3) is 0.455. The van der Waals surface area contributed by atoms with Crippen molar-refractivity contribution in [2.75, 3.05) is 17.3 Å². The Bertz CT molecular complexity index is 402. The van der Waals surface area contributed by atoms with Gasteiger partial charge in [0.1, 0.15) is 0 Å². The summed E-state index contributed by atoms with van der Waals surface area (Å²) in [7, 11) is -3.39. The van der Waals surface area contributed by atoms with Gasteiger partial charge < -0.3 is 0 Å². The Morgan fingerprint density at radius 3 is 2.38 bits per heavy atom. The van der Waals surface area contributed by atoms with Crippen LogP contribution >= 0.6 is 0 Å². The molecule has 4 nitrogen and oxygen atoms in total. The molecule has 16 heavy (non-hydrogen) atoms. The zero-order chi connectivity index (χ0) is 12.0. The minimum absolute atomic E-state index is 0.401. The number of rotatable bonds is 6. The van der Waals surface area contributed by atoms with Gasteiger partial charge in [-0.25, -0.2) is 8.42 Å². The highest BCUT2D eigenvalue weighted by molar-refractivity contribution is 7.91. The van der Waals surface area contributed by atoms with Crippen LogP contribution in [0.15, 0.2) is 30.3 Å². The summed E-state index contributed by atoms with van der Waals surface area (Å²) in [6.45, 7) is 2.43. The first-order valence-electron chi connectivity index (χ1n) is 5.24. The summed E-state index contributed by atoms with van der Waals surface area (Å²) in [6.07, 6.45) is 2.93. The Labute approximate surface area is 96.8 Å². The number of benzene rings is 1. The second kappa shape index (κ2) is 5.86. The lowest BCUT2D eigenvalue weighted by Crippen LogP contribution is -2.30. The molecule has 5 heteroatoms. The Morgan fingerprint density at radius 2 is 1.88 bits per heavy atom. The maximum atomic E-state index is 11.5. The predicted octanol–water partition coefficient (Wildman–Crippen LogP) is 2.18. The van der Waals surface area contributed by atoms with E-state index in [4.69, 9.17) is 4.84 Å². The molecule has 0 spiro atoms. The lowest BCUT2D eigenvalue weighted by molar-refractivity contribution is 0.146. The van der Waals surface area contributed by atoms with Crippen LogP contribution in [0.5, 0.6) is 0 Å². The molecule has 0 atom stereocenters. The van der Waals surface area contributed by atoms with Crippen molar-refractivity contribution < 1.29 is 13.3 Å². The lowest BCUT2D eigenvalue weighted by atomic mass is 10.3. The molecular weight excluding hydrogens is 226 g/mol. The number of unbranched alkanes of at least 4 members (excludes halogenated alkanes) is 1. The molecule has 1 aromatic rings. The Morgan fingerprint density at radius 1 is 1.25 bits per heavy atom. The monoisotopic (exact) mass is 243 g/mol. The minimum atomic E-state index is -3.39. The first-order chi connectivity index (χ1) is 7.55. The molecule has 0 N–H and O–H groups in total. The Kier molecular flexibility index (Phi) is 4.76. The average molecular weight is 243 g/mol. The third kappa shape index (κ3) is 3.83. The zero-order valence-electron chi connectivity index (χ0n) is 9.59. The molecule has 0 saturated heterocycles. The number of para-hydroxylation sites is 1. The van der Waals surface area contributed by atoms with Crippen molar-refractivity contribution in [1.82, 2.24) is 0 Å². The third-order valence-electron chi connectivity index (χ3n) is 1.97. The highest BCUT2D eigenvalue weighted by atomic mass is 32.2. The number of hydrogen-bond acceptors (Lipinski definition) is 3. The number of hydrogen-bond donors (Lipinski definition) is 0. The molecule has 0 bridgehead atoms. The molecule has 90 valence electrons. The molecule has 0 aliphatic carbocycles. The van der Waals surface area contributed by atoms with Gasteiger partial charge in [-0.2, -0.15) is 0 Å². The van der Waals surface area contributed by atoms with Crippen LogP contribution in [0.3, 0.4) is 0 Å². The van der Waals surface area contributed by atoms with E-state index in [-0.39, 0.29) is 0 Å². The second-order valence-corrected chi connectivity index (χ2v) is 5.31. The standard InChI is InChI=1S/C11H17NO3S/c1-3-4-10-15-12(16(2,13)14)11-8-6-5-7-9-11/h5-9H,3-4,10H2,1-2H3. The molecule has 0 heterocycles. The molecule has 0 aromatic heterocycles. The van der Waals surface area contributed by atoms with Gasteiger partial charge in [0.15, 0.2) is 0 Å². The molecule has 0 aliphatic heterocycles. The summed E-state index contributed by atoms with van der Waals surface area (Å²) in [6, 6.07) is 8.78. The smallest absolute Gasteiger partial charge is 0.254 e. The summed E-state index contributed by atoms with van der Waals surface area (Å²) in [5.41, 5.74) is 0.529. The molecular formula is C11H17NO3S. The van der Waals surface area contributed by atoms with Gasteiger partial charge in [0.25, 0.3) is 10.0 Å². The van der Waals surface area contributed by atoms with Gasteiger partial charge in [-0.1, -0.05) is 31.5 Å². The normalized spacial score (nSPS) is 11.4. The van der Waals surface area contributed by atoms with Crippen LogP contribution in [0.4, 0.5) is 5.69 Å². The molecule has 0 fully saturated rings. The van der Waals surface area contributed by atoms with Crippen molar-refractivity contribution >= 4 is 15.7 Å². The molecule has 1 aromatic carbocycles. The van der Waals surface area contributed by atoms with E-state index in [1.807, 2.05) is 13.0 Å². The zero-order valence-corrected chi connectivity index (χ0v) is 10.4. The van der Waals surface area contributed by atoms with Gasteiger partial charge >= 0.3 is 0 Å². The van der Waals surface area contributed by atoms with E-state index in [9.17, 15) is 8.42 Å². The maximum Gasteiger partial charge on any atom is 0.254 e. The van der Waals surface area contributed by atoms with Crippen LogP contribution in [0.25, 0.3) is 0 Å². The molecule has 0 saturated carbocycles. The quantitative estimate of drug-likeness (QED) is 0.568. The Hall–Kier alpha value is -1.07. The summed E-state index contributed by atoms with van der Waals surface area (Å²) < 4.78 is 24.0. The summed E-state index contributed by atoms with van der Waals surface area (Å²) in [4.78, 5) is 5.28. The predicted molar refractivity (Wildman–Crippen MR) is 64.6 cm³/mol. The minimum Gasteiger partial charge on any atom is -0.259 e. The van der Waals surface area contributed by atoms with Gasteiger partial charge in [-0.15, -0.1) is 4.47 Å². The number of nitrogens with zero attached hydrogens (tertiary/aromatic N) is 1. The van der Waals surface area contributed by atoms with Crippen LogP contribution in [0.2, 0.25) is 0 Å². The van der Waals surface area contributed by atoms with Crippen molar-refractivity contribution in [2.45, 2.75) is 19.8 Å². The second-order valence-electron chi connectivity index (χ2n) is 3.51. The fourth-order valence-electron chi connectivity index (χ4n) is 1.20. The van der Waals surface area contributed by atoms with Gasteiger partial charge in [-0.3, -0.25) is 4.84 Å². The molecule has 0 radical (unpaired) electrons. The van der Waals surface area contributed by atoms with Crippen molar-refractivity contribution in [3.8, 4) is 0 Å². The first-order valence-corrected chi connectivity index (χ1v) is 7.09. The van der Waals surface area contributed by atoms with Crippen LogP contribution in [-0.2, 0) is 14.9 Å². The van der Waals surface area contributed by atoms with Crippen LogP contribution < -0.4 is 4.47 Å². The lowest BCUT2D eigenvalue weighted by Gasteiger charge is -2.21. The summed E-state index contributed by atoms with van der Waals surface area (Å²) in [5.74, 6) is 0. The SMILES string of the molecule is CCCCON(c1ccccc1)S(C)(=O)=O. The topological polar surface area (TPSA) is 46.6 Å². The number of sulfonamides is 1. The summed E-state index contributed by atoms with van der Waals surface area (Å²) >= 11 is 0. The maximum absolute atomic E-state index is 11.5. The highest BCUT2D eigenvalue weighted by Crippen LogP contribution is 2.17. The average Bonchev–Trinajstić information content (AvgIpc) is 2.24. The highest BCUT2D eigenvalue weighted by Gasteiger charge is 2.17. The summed E-state index contributed by atoms with van der Waals surface area (Å²) in [5, 5.41) is 0.